The minimum atomic E-state index is -0.189. The fourth-order valence-electron chi connectivity index (χ4n) is 4.25. The lowest BCUT2D eigenvalue weighted by molar-refractivity contribution is -0.121. The molecule has 0 aliphatic rings. The number of para-hydroxylation sites is 3. The van der Waals surface area contributed by atoms with E-state index in [0.29, 0.717) is 0 Å². The van der Waals surface area contributed by atoms with Crippen molar-refractivity contribution in [2.45, 2.75) is 26.9 Å². The van der Waals surface area contributed by atoms with Gasteiger partial charge in [0.25, 0.3) is 5.91 Å². The van der Waals surface area contributed by atoms with Crippen LogP contribution >= 0.6 is 0 Å². The molecule has 0 saturated heterocycles. The van der Waals surface area contributed by atoms with Crippen molar-refractivity contribution in [2.75, 3.05) is 0 Å². The number of nitrogens with one attached hydrogen (secondary N) is 1. The Kier molecular flexibility index (Phi) is 4.75. The largest absolute Gasteiger partial charge is 0.341 e. The lowest BCUT2D eigenvalue weighted by Crippen LogP contribution is -2.23. The predicted octanol–water partition coefficient (Wildman–Crippen LogP) is 4.62. The summed E-state index contributed by atoms with van der Waals surface area (Å²) < 4.78 is 4.21. The first kappa shape index (κ1) is 19.1. The summed E-state index contributed by atoms with van der Waals surface area (Å²) >= 11 is 0. The van der Waals surface area contributed by atoms with Crippen LogP contribution in [0.15, 0.2) is 71.8 Å². The van der Waals surface area contributed by atoms with Gasteiger partial charge in [-0.15, -0.1) is 0 Å². The Balaban J connectivity index is 1.36. The number of hydrogen-bond acceptors (Lipinski definition) is 3. The summed E-state index contributed by atoms with van der Waals surface area (Å²) in [5, 5.41) is 6.59. The van der Waals surface area contributed by atoms with Crippen molar-refractivity contribution in [2.24, 2.45) is 5.10 Å². The topological polar surface area (TPSA) is 64.2 Å². The van der Waals surface area contributed by atoms with E-state index in [4.69, 9.17) is 0 Å². The molecule has 0 fully saturated rings. The summed E-state index contributed by atoms with van der Waals surface area (Å²) in [6.07, 6.45) is 1.69. The van der Waals surface area contributed by atoms with E-state index in [2.05, 4.69) is 63.4 Å². The second-order valence-electron chi connectivity index (χ2n) is 7.57. The number of benzene rings is 3. The molecule has 0 bridgehead atoms. The van der Waals surface area contributed by atoms with Crippen LogP contribution in [-0.2, 0) is 17.9 Å². The van der Waals surface area contributed by atoms with Crippen molar-refractivity contribution >= 4 is 45.0 Å². The van der Waals surface area contributed by atoms with E-state index in [0.717, 1.165) is 29.0 Å². The van der Waals surface area contributed by atoms with Gasteiger partial charge in [0.2, 0.25) is 0 Å². The first-order chi connectivity index (χ1) is 15.2. The van der Waals surface area contributed by atoms with Crippen molar-refractivity contribution in [3.63, 3.8) is 0 Å². The average molecular weight is 409 g/mol. The minimum absolute atomic E-state index is 0.173. The zero-order valence-corrected chi connectivity index (χ0v) is 17.5. The van der Waals surface area contributed by atoms with Crippen molar-refractivity contribution in [1.29, 1.82) is 0 Å². The van der Waals surface area contributed by atoms with Crippen LogP contribution in [0.3, 0.4) is 0 Å². The Labute approximate surface area is 179 Å². The Morgan fingerprint density at radius 3 is 2.55 bits per heavy atom. The maximum Gasteiger partial charge on any atom is 0.260 e. The fourth-order valence-corrected chi connectivity index (χ4v) is 4.25. The highest BCUT2D eigenvalue weighted by atomic mass is 16.2. The quantitative estimate of drug-likeness (QED) is 0.340. The van der Waals surface area contributed by atoms with Crippen LogP contribution in [0.5, 0.6) is 0 Å². The second-order valence-corrected chi connectivity index (χ2v) is 7.57. The number of imidazole rings is 1. The first-order valence-electron chi connectivity index (χ1n) is 10.4. The third-order valence-corrected chi connectivity index (χ3v) is 5.66. The molecule has 5 aromatic rings. The van der Waals surface area contributed by atoms with Crippen LogP contribution in [0.1, 0.15) is 18.3 Å². The Morgan fingerprint density at radius 2 is 1.71 bits per heavy atom. The van der Waals surface area contributed by atoms with Gasteiger partial charge in [-0.1, -0.05) is 36.4 Å². The molecule has 0 saturated carbocycles. The summed E-state index contributed by atoms with van der Waals surface area (Å²) in [5.41, 5.74) is 7.84. The molecule has 1 amide bonds. The van der Waals surface area contributed by atoms with Crippen molar-refractivity contribution in [3.05, 3.63) is 78.1 Å². The Hall–Kier alpha value is -3.93. The van der Waals surface area contributed by atoms with Crippen LogP contribution in [0.25, 0.3) is 32.8 Å². The number of carbonyl (C=O) groups is 1. The molecule has 2 aromatic heterocycles. The summed E-state index contributed by atoms with van der Waals surface area (Å²) in [4.78, 5) is 16.9. The van der Waals surface area contributed by atoms with Gasteiger partial charge in [-0.25, -0.2) is 10.4 Å². The van der Waals surface area contributed by atoms with Gasteiger partial charge in [-0.2, -0.15) is 5.10 Å². The number of rotatable bonds is 5. The summed E-state index contributed by atoms with van der Waals surface area (Å²) in [6, 6.07) is 22.5. The van der Waals surface area contributed by atoms with Crippen LogP contribution in [0.2, 0.25) is 0 Å². The molecule has 31 heavy (non-hydrogen) atoms. The number of hydrogen-bond donors (Lipinski definition) is 1. The maximum atomic E-state index is 12.4. The molecule has 1 N–H and O–H groups in total. The van der Waals surface area contributed by atoms with Gasteiger partial charge in [0.05, 0.1) is 17.2 Å². The highest BCUT2D eigenvalue weighted by molar-refractivity contribution is 6.09. The standard InChI is InChI=1S/C25H23N5O/c1-3-29-22-10-6-4-8-19(22)20-14-18(12-13-23(20)29)15-26-28-25(31)16-30-17(2)27-21-9-5-7-11-24(21)30/h4-15H,3,16H2,1-2H3,(H,28,31). The molecular formula is C25H23N5O. The molecule has 0 atom stereocenters. The molecule has 6 heteroatoms. The molecule has 6 nitrogen and oxygen atoms in total. The molecule has 0 aliphatic heterocycles. The Bertz CT molecular complexity index is 1460. The average Bonchev–Trinajstić information content (AvgIpc) is 3.27. The monoisotopic (exact) mass is 409 g/mol. The molecule has 3 aromatic carbocycles. The lowest BCUT2D eigenvalue weighted by atomic mass is 10.1. The van der Waals surface area contributed by atoms with Crippen molar-refractivity contribution in [3.8, 4) is 0 Å². The molecule has 154 valence electrons. The zero-order valence-electron chi connectivity index (χ0n) is 17.5. The van der Waals surface area contributed by atoms with E-state index in [1.54, 1.807) is 6.21 Å². The molecule has 0 spiro atoms. The number of amides is 1. The number of fused-ring (bicyclic) bond motifs is 4. The molecule has 2 heterocycles. The van der Waals surface area contributed by atoms with Gasteiger partial charge < -0.3 is 9.13 Å². The zero-order chi connectivity index (χ0) is 21.4. The van der Waals surface area contributed by atoms with Gasteiger partial charge in [0, 0.05) is 28.4 Å². The van der Waals surface area contributed by atoms with Gasteiger partial charge in [0.1, 0.15) is 12.4 Å². The predicted molar refractivity (Wildman–Crippen MR) is 125 cm³/mol. The van der Waals surface area contributed by atoms with E-state index < -0.39 is 0 Å². The normalized spacial score (nSPS) is 11.8. The fraction of sp³-hybridized carbons (Fsp3) is 0.160. The van der Waals surface area contributed by atoms with Gasteiger partial charge in [-0.05, 0) is 49.7 Å². The third-order valence-electron chi connectivity index (χ3n) is 5.66. The van der Waals surface area contributed by atoms with Crippen LogP contribution < -0.4 is 5.43 Å². The third kappa shape index (κ3) is 3.36. The highest BCUT2D eigenvalue weighted by Crippen LogP contribution is 2.29. The van der Waals surface area contributed by atoms with E-state index in [-0.39, 0.29) is 12.5 Å². The first-order valence-corrected chi connectivity index (χ1v) is 10.4. The maximum absolute atomic E-state index is 12.4. The van der Waals surface area contributed by atoms with E-state index in [9.17, 15) is 4.79 Å². The van der Waals surface area contributed by atoms with Gasteiger partial charge >= 0.3 is 0 Å². The van der Waals surface area contributed by atoms with E-state index >= 15 is 0 Å². The van der Waals surface area contributed by atoms with Crippen LogP contribution in [0.4, 0.5) is 0 Å². The molecule has 0 radical (unpaired) electrons. The second kappa shape index (κ2) is 7.72. The van der Waals surface area contributed by atoms with Crippen molar-refractivity contribution in [1.82, 2.24) is 19.5 Å². The smallest absolute Gasteiger partial charge is 0.260 e. The van der Waals surface area contributed by atoms with Gasteiger partial charge in [0.15, 0.2) is 0 Å². The highest BCUT2D eigenvalue weighted by Gasteiger charge is 2.11. The number of carbonyl (C=O) groups excluding carboxylic acids is 1. The number of hydrazone groups is 1. The summed E-state index contributed by atoms with van der Waals surface area (Å²) in [6.45, 7) is 5.14. The summed E-state index contributed by atoms with van der Waals surface area (Å²) in [5.74, 6) is 0.615. The molecule has 5 rings (SSSR count). The van der Waals surface area contributed by atoms with Gasteiger partial charge in [-0.3, -0.25) is 4.79 Å². The van der Waals surface area contributed by atoms with Crippen LogP contribution in [0, 0.1) is 6.92 Å². The van der Waals surface area contributed by atoms with E-state index in [1.165, 1.54) is 21.8 Å². The van der Waals surface area contributed by atoms with Crippen molar-refractivity contribution < 1.29 is 4.79 Å². The Morgan fingerprint density at radius 1 is 0.968 bits per heavy atom. The van der Waals surface area contributed by atoms with Crippen LogP contribution in [-0.4, -0.2) is 26.2 Å². The molecular weight excluding hydrogens is 386 g/mol. The molecule has 0 unspecified atom stereocenters. The lowest BCUT2D eigenvalue weighted by Gasteiger charge is -2.05. The SMILES string of the molecule is CCn1c2ccccc2c2cc(C=NNC(=O)Cn3c(C)nc4ccccc43)ccc21. The van der Waals surface area contributed by atoms with E-state index in [1.807, 2.05) is 41.8 Å². The summed E-state index contributed by atoms with van der Waals surface area (Å²) in [7, 11) is 0. The molecule has 0 aliphatic carbocycles. The minimum Gasteiger partial charge on any atom is -0.341 e. The number of aromatic nitrogens is 3. The number of nitrogens with zero attached hydrogens (tertiary/aromatic N) is 4. The number of aryl methyl sites for hydroxylation is 2.